The van der Waals surface area contributed by atoms with Gasteiger partial charge >= 0.3 is 0 Å². The Labute approximate surface area is 226 Å². The van der Waals surface area contributed by atoms with Gasteiger partial charge in [0, 0.05) is 26.1 Å². The highest BCUT2D eigenvalue weighted by molar-refractivity contribution is 7.13. The third-order valence-corrected chi connectivity index (χ3v) is 8.71. The third-order valence-electron chi connectivity index (χ3n) is 7.73. The first-order chi connectivity index (χ1) is 17.2. The number of aliphatic hydroxyl groups excluding tert-OH is 1. The second-order valence-corrected chi connectivity index (χ2v) is 13.3. The number of hydrogen-bond donors (Lipinski definition) is 3. The minimum absolute atomic E-state index is 0.0132. The van der Waals surface area contributed by atoms with E-state index in [1.165, 1.54) is 0 Å². The Morgan fingerprint density at radius 1 is 1.16 bits per heavy atom. The van der Waals surface area contributed by atoms with E-state index in [0.29, 0.717) is 19.0 Å². The van der Waals surface area contributed by atoms with Crippen molar-refractivity contribution in [1.82, 2.24) is 20.5 Å². The fourth-order valence-corrected chi connectivity index (χ4v) is 5.28. The van der Waals surface area contributed by atoms with Gasteiger partial charge in [0.05, 0.1) is 28.2 Å². The summed E-state index contributed by atoms with van der Waals surface area (Å²) in [6.45, 7) is 18.0. The number of nitrogens with zero attached hydrogens (tertiary/aromatic N) is 2. The van der Waals surface area contributed by atoms with Gasteiger partial charge in [-0.3, -0.25) is 9.59 Å². The topological polar surface area (TPSA) is 94.6 Å². The van der Waals surface area contributed by atoms with Crippen LogP contribution in [0.2, 0.25) is 0 Å². The largest absolute Gasteiger partial charge is 0.391 e. The molecule has 3 N–H and O–H groups in total. The quantitative estimate of drug-likeness (QED) is 0.449. The standard InChI is InChI=1S/C29H44N4O3S/c1-18(2)29(7,8)16-31-25(28(4,5)6)27(36)33-15-22(34)13-23(33)26(35)30-14-20-9-11-21(12-10-20)24-19(3)32-17-37-24/h9-12,17-18,22-23,25,31,34H,13-16H2,1-8H3,(H,30,35). The summed E-state index contributed by atoms with van der Waals surface area (Å²) in [6.07, 6.45) is -0.468. The molecule has 3 atom stereocenters. The van der Waals surface area contributed by atoms with Crippen LogP contribution in [0.25, 0.3) is 10.4 Å². The molecule has 1 saturated heterocycles. The molecular formula is C29H44N4O3S. The molecule has 37 heavy (non-hydrogen) atoms. The van der Waals surface area contributed by atoms with Crippen LogP contribution in [0, 0.1) is 23.7 Å². The van der Waals surface area contributed by atoms with E-state index in [4.69, 9.17) is 0 Å². The van der Waals surface area contributed by atoms with E-state index in [9.17, 15) is 14.7 Å². The van der Waals surface area contributed by atoms with Crippen molar-refractivity contribution in [2.24, 2.45) is 16.7 Å². The van der Waals surface area contributed by atoms with Gasteiger partial charge in [0.25, 0.3) is 0 Å². The molecule has 0 spiro atoms. The van der Waals surface area contributed by atoms with Crippen LogP contribution in [0.5, 0.6) is 0 Å². The Morgan fingerprint density at radius 3 is 2.35 bits per heavy atom. The molecule has 1 aromatic heterocycles. The maximum Gasteiger partial charge on any atom is 0.243 e. The van der Waals surface area contributed by atoms with Crippen molar-refractivity contribution in [2.45, 2.75) is 86.5 Å². The first kappa shape index (κ1) is 29.3. The number of carbonyl (C=O) groups is 2. The average Bonchev–Trinajstić information content (AvgIpc) is 3.42. The van der Waals surface area contributed by atoms with Crippen LogP contribution in [0.3, 0.4) is 0 Å². The lowest BCUT2D eigenvalue weighted by atomic mass is 9.79. The number of aryl methyl sites for hydroxylation is 1. The van der Waals surface area contributed by atoms with Crippen LogP contribution in [0.4, 0.5) is 0 Å². The van der Waals surface area contributed by atoms with E-state index in [-0.39, 0.29) is 35.6 Å². The fraction of sp³-hybridized carbons (Fsp3) is 0.621. The number of nitrogens with one attached hydrogen (secondary N) is 2. The smallest absolute Gasteiger partial charge is 0.243 e. The highest BCUT2D eigenvalue weighted by atomic mass is 32.1. The molecule has 2 aromatic rings. The zero-order chi connectivity index (χ0) is 27.5. The Hall–Kier alpha value is -2.29. The number of carbonyl (C=O) groups excluding carboxylic acids is 2. The fourth-order valence-electron chi connectivity index (χ4n) is 4.46. The van der Waals surface area contributed by atoms with Crippen LogP contribution in [-0.4, -0.2) is 58.1 Å². The number of likely N-dealkylation sites (tertiary alicyclic amines) is 1. The van der Waals surface area contributed by atoms with Crippen molar-refractivity contribution in [3.63, 3.8) is 0 Å². The van der Waals surface area contributed by atoms with Gasteiger partial charge in [0.15, 0.2) is 0 Å². The van der Waals surface area contributed by atoms with E-state index in [1.54, 1.807) is 16.2 Å². The highest BCUT2D eigenvalue weighted by Crippen LogP contribution is 2.30. The normalized spacial score (nSPS) is 19.4. The second kappa shape index (κ2) is 11.6. The third kappa shape index (κ3) is 7.18. The first-order valence-corrected chi connectivity index (χ1v) is 14.1. The Morgan fingerprint density at radius 2 is 1.81 bits per heavy atom. The number of hydrogen-bond acceptors (Lipinski definition) is 6. The molecule has 0 saturated carbocycles. The van der Waals surface area contributed by atoms with Crippen LogP contribution >= 0.6 is 11.3 Å². The van der Waals surface area contributed by atoms with Gasteiger partial charge in [-0.25, -0.2) is 4.98 Å². The predicted molar refractivity (Wildman–Crippen MR) is 150 cm³/mol. The van der Waals surface area contributed by atoms with Crippen LogP contribution in [0.1, 0.15) is 66.1 Å². The Balaban J connectivity index is 1.67. The Bertz CT molecular complexity index is 1070. The van der Waals surface area contributed by atoms with Crippen molar-refractivity contribution in [3.05, 3.63) is 41.0 Å². The number of amides is 2. The predicted octanol–water partition coefficient (Wildman–Crippen LogP) is 4.38. The molecule has 3 unspecified atom stereocenters. The maximum absolute atomic E-state index is 13.8. The molecule has 1 aliphatic rings. The summed E-state index contributed by atoms with van der Waals surface area (Å²) in [7, 11) is 0. The van der Waals surface area contributed by atoms with Crippen LogP contribution in [0.15, 0.2) is 29.8 Å². The van der Waals surface area contributed by atoms with Gasteiger partial charge in [0.2, 0.25) is 11.8 Å². The number of benzene rings is 1. The van der Waals surface area contributed by atoms with Crippen LogP contribution in [-0.2, 0) is 16.1 Å². The molecule has 204 valence electrons. The van der Waals surface area contributed by atoms with E-state index in [1.807, 2.05) is 57.5 Å². The van der Waals surface area contributed by atoms with Gasteiger partial charge in [0.1, 0.15) is 6.04 Å². The average molecular weight is 529 g/mol. The summed E-state index contributed by atoms with van der Waals surface area (Å²) >= 11 is 1.61. The molecule has 2 amide bonds. The van der Waals surface area contributed by atoms with Gasteiger partial charge in [-0.2, -0.15) is 0 Å². The monoisotopic (exact) mass is 528 g/mol. The number of rotatable bonds is 9. The first-order valence-electron chi connectivity index (χ1n) is 13.2. The molecule has 7 nitrogen and oxygen atoms in total. The van der Waals surface area contributed by atoms with Gasteiger partial charge in [-0.15, -0.1) is 11.3 Å². The second-order valence-electron chi connectivity index (χ2n) is 12.4. The summed E-state index contributed by atoms with van der Waals surface area (Å²) < 4.78 is 0. The summed E-state index contributed by atoms with van der Waals surface area (Å²) in [5.41, 5.74) is 4.59. The molecular weight excluding hydrogens is 484 g/mol. The van der Waals surface area contributed by atoms with Crippen molar-refractivity contribution < 1.29 is 14.7 Å². The zero-order valence-corrected chi connectivity index (χ0v) is 24.4. The SMILES string of the molecule is Cc1ncsc1-c1ccc(CNC(=O)C2CC(O)CN2C(=O)C(NCC(C)(C)C(C)C)C(C)(C)C)cc1. The van der Waals surface area contributed by atoms with E-state index in [0.717, 1.165) is 21.7 Å². The van der Waals surface area contributed by atoms with Crippen molar-refractivity contribution in [2.75, 3.05) is 13.1 Å². The lowest BCUT2D eigenvalue weighted by Gasteiger charge is -2.38. The summed E-state index contributed by atoms with van der Waals surface area (Å²) in [5.74, 6) is 0.0819. The summed E-state index contributed by atoms with van der Waals surface area (Å²) in [6, 6.07) is 6.92. The molecule has 8 heteroatoms. The van der Waals surface area contributed by atoms with Gasteiger partial charge in [-0.1, -0.05) is 72.7 Å². The summed E-state index contributed by atoms with van der Waals surface area (Å²) in [5, 5.41) is 16.9. The lowest BCUT2D eigenvalue weighted by Crippen LogP contribution is -2.58. The maximum atomic E-state index is 13.8. The summed E-state index contributed by atoms with van der Waals surface area (Å²) in [4.78, 5) is 34.0. The lowest BCUT2D eigenvalue weighted by molar-refractivity contribution is -0.142. The molecule has 1 aliphatic heterocycles. The minimum atomic E-state index is -0.714. The highest BCUT2D eigenvalue weighted by Gasteiger charge is 2.44. The number of aromatic nitrogens is 1. The zero-order valence-electron chi connectivity index (χ0n) is 23.6. The molecule has 3 rings (SSSR count). The number of aliphatic hydroxyl groups is 1. The van der Waals surface area contributed by atoms with Crippen molar-refractivity contribution >= 4 is 23.2 Å². The van der Waals surface area contributed by atoms with E-state index in [2.05, 4.69) is 43.3 Å². The molecule has 0 bridgehead atoms. The number of β-amino-alcohol motifs (C(OH)–C–C–N with tert-alkyl or cyclic N) is 1. The van der Waals surface area contributed by atoms with Crippen molar-refractivity contribution in [1.29, 1.82) is 0 Å². The van der Waals surface area contributed by atoms with Gasteiger partial charge in [-0.05, 0) is 34.8 Å². The van der Waals surface area contributed by atoms with E-state index < -0.39 is 18.2 Å². The molecule has 2 heterocycles. The molecule has 0 radical (unpaired) electrons. The molecule has 1 aromatic carbocycles. The van der Waals surface area contributed by atoms with Gasteiger partial charge < -0.3 is 20.6 Å². The Kier molecular flexibility index (Phi) is 9.19. The molecule has 1 fully saturated rings. The molecule has 0 aliphatic carbocycles. The van der Waals surface area contributed by atoms with Crippen LogP contribution < -0.4 is 10.6 Å². The number of thiazole rings is 1. The van der Waals surface area contributed by atoms with Crippen molar-refractivity contribution in [3.8, 4) is 10.4 Å². The van der Waals surface area contributed by atoms with E-state index >= 15 is 0 Å². The minimum Gasteiger partial charge on any atom is -0.391 e.